The second kappa shape index (κ2) is 5.29. The molecule has 0 saturated carbocycles. The second-order valence-electron chi connectivity index (χ2n) is 4.20. The number of hydrogen-bond donors (Lipinski definition) is 1. The molecule has 0 bridgehead atoms. The summed E-state index contributed by atoms with van der Waals surface area (Å²) in [6.45, 7) is 6.81. The van der Waals surface area contributed by atoms with Gasteiger partial charge in [0.05, 0.1) is 0 Å². The summed E-state index contributed by atoms with van der Waals surface area (Å²) in [4.78, 5) is 2.56. The molecule has 1 aromatic carbocycles. The number of rotatable bonds is 4. The maximum Gasteiger partial charge on any atom is 0.0237 e. The van der Waals surface area contributed by atoms with Crippen molar-refractivity contribution in [3.8, 4) is 0 Å². The van der Waals surface area contributed by atoms with E-state index in [1.807, 2.05) is 0 Å². The van der Waals surface area contributed by atoms with Gasteiger partial charge >= 0.3 is 0 Å². The van der Waals surface area contributed by atoms with Gasteiger partial charge in [-0.2, -0.15) is 0 Å². The molecular weight excluding hydrogens is 184 g/mol. The fourth-order valence-corrected chi connectivity index (χ4v) is 2.27. The second-order valence-corrected chi connectivity index (χ2v) is 4.20. The van der Waals surface area contributed by atoms with Crippen molar-refractivity contribution in [2.24, 2.45) is 0 Å². The molecule has 0 radical (unpaired) electrons. The summed E-state index contributed by atoms with van der Waals surface area (Å²) in [5.41, 5.74) is 1.42. The maximum atomic E-state index is 3.43. The first kappa shape index (κ1) is 10.7. The highest BCUT2D eigenvalue weighted by Gasteiger charge is 2.20. The Morgan fingerprint density at radius 1 is 1.33 bits per heavy atom. The van der Waals surface area contributed by atoms with Crippen LogP contribution in [-0.2, 0) is 6.54 Å². The molecule has 2 heteroatoms. The van der Waals surface area contributed by atoms with E-state index in [4.69, 9.17) is 0 Å². The van der Waals surface area contributed by atoms with Gasteiger partial charge in [0.15, 0.2) is 0 Å². The molecule has 1 aliphatic rings. The molecule has 15 heavy (non-hydrogen) atoms. The van der Waals surface area contributed by atoms with Crippen molar-refractivity contribution in [1.29, 1.82) is 0 Å². The quantitative estimate of drug-likeness (QED) is 0.805. The molecule has 1 saturated heterocycles. The average molecular weight is 204 g/mol. The van der Waals surface area contributed by atoms with E-state index >= 15 is 0 Å². The third-order valence-corrected chi connectivity index (χ3v) is 3.19. The SMILES string of the molecule is CCN(Cc1ccccc1)[C@H]1CCNC1. The Morgan fingerprint density at radius 2 is 2.13 bits per heavy atom. The zero-order valence-corrected chi connectivity index (χ0v) is 9.45. The number of benzene rings is 1. The standard InChI is InChI=1S/C13H20N2/c1-2-15(13-8-9-14-10-13)11-12-6-4-3-5-7-12/h3-7,13-14H,2,8-11H2,1H3/t13-/m0/s1. The number of nitrogens with one attached hydrogen (secondary N) is 1. The minimum absolute atomic E-state index is 0.732. The number of nitrogens with zero attached hydrogens (tertiary/aromatic N) is 1. The highest BCUT2D eigenvalue weighted by Crippen LogP contribution is 2.12. The van der Waals surface area contributed by atoms with Crippen LogP contribution in [0.3, 0.4) is 0 Å². The lowest BCUT2D eigenvalue weighted by Crippen LogP contribution is -2.36. The fraction of sp³-hybridized carbons (Fsp3) is 0.538. The molecule has 82 valence electrons. The topological polar surface area (TPSA) is 15.3 Å². The fourth-order valence-electron chi connectivity index (χ4n) is 2.27. The van der Waals surface area contributed by atoms with Crippen LogP contribution >= 0.6 is 0 Å². The zero-order chi connectivity index (χ0) is 10.5. The Balaban J connectivity index is 1.96. The van der Waals surface area contributed by atoms with Crippen molar-refractivity contribution >= 4 is 0 Å². The summed E-state index contributed by atoms with van der Waals surface area (Å²) < 4.78 is 0. The lowest BCUT2D eigenvalue weighted by atomic mass is 10.1. The van der Waals surface area contributed by atoms with Crippen LogP contribution in [0.15, 0.2) is 30.3 Å². The molecule has 0 amide bonds. The molecule has 2 nitrogen and oxygen atoms in total. The molecule has 0 spiro atoms. The minimum Gasteiger partial charge on any atom is -0.315 e. The smallest absolute Gasteiger partial charge is 0.0237 e. The molecule has 1 aliphatic heterocycles. The number of hydrogen-bond acceptors (Lipinski definition) is 2. The summed E-state index contributed by atoms with van der Waals surface area (Å²) in [6, 6.07) is 11.5. The first-order chi connectivity index (χ1) is 7.40. The number of likely N-dealkylation sites (N-methyl/N-ethyl adjacent to an activating group) is 1. The summed E-state index contributed by atoms with van der Waals surface area (Å²) in [5, 5.41) is 3.43. The predicted molar refractivity (Wildman–Crippen MR) is 63.8 cm³/mol. The van der Waals surface area contributed by atoms with Crippen LogP contribution in [0.1, 0.15) is 18.9 Å². The van der Waals surface area contributed by atoms with Gasteiger partial charge in [-0.1, -0.05) is 37.3 Å². The van der Waals surface area contributed by atoms with E-state index in [1.54, 1.807) is 0 Å². The molecule has 1 aromatic rings. The first-order valence-corrected chi connectivity index (χ1v) is 5.89. The minimum atomic E-state index is 0.732. The third-order valence-electron chi connectivity index (χ3n) is 3.19. The van der Waals surface area contributed by atoms with Gasteiger partial charge in [0.25, 0.3) is 0 Å². The van der Waals surface area contributed by atoms with Gasteiger partial charge < -0.3 is 5.32 Å². The Labute approximate surface area is 92.3 Å². The van der Waals surface area contributed by atoms with Crippen molar-refractivity contribution < 1.29 is 0 Å². The molecule has 0 aliphatic carbocycles. The van der Waals surface area contributed by atoms with Crippen molar-refractivity contribution in [3.05, 3.63) is 35.9 Å². The third kappa shape index (κ3) is 2.80. The Kier molecular flexibility index (Phi) is 3.75. The van der Waals surface area contributed by atoms with Crippen LogP contribution in [0.4, 0.5) is 0 Å². The highest BCUT2D eigenvalue weighted by molar-refractivity contribution is 5.14. The molecule has 0 aromatic heterocycles. The Hall–Kier alpha value is -0.860. The van der Waals surface area contributed by atoms with Crippen LogP contribution in [0.2, 0.25) is 0 Å². The molecule has 0 unspecified atom stereocenters. The summed E-state index contributed by atoms with van der Waals surface area (Å²) >= 11 is 0. The van der Waals surface area contributed by atoms with E-state index in [9.17, 15) is 0 Å². The van der Waals surface area contributed by atoms with Crippen molar-refractivity contribution in [1.82, 2.24) is 10.2 Å². The van der Waals surface area contributed by atoms with E-state index < -0.39 is 0 Å². The molecular formula is C13H20N2. The van der Waals surface area contributed by atoms with Crippen LogP contribution in [-0.4, -0.2) is 30.6 Å². The van der Waals surface area contributed by atoms with Crippen molar-refractivity contribution in [3.63, 3.8) is 0 Å². The molecule has 1 atom stereocenters. The van der Waals surface area contributed by atoms with E-state index in [2.05, 4.69) is 47.5 Å². The summed E-state index contributed by atoms with van der Waals surface area (Å²) in [5.74, 6) is 0. The normalized spacial score (nSPS) is 21.1. The highest BCUT2D eigenvalue weighted by atomic mass is 15.2. The Morgan fingerprint density at radius 3 is 2.73 bits per heavy atom. The largest absolute Gasteiger partial charge is 0.315 e. The Bertz CT molecular complexity index is 278. The van der Waals surface area contributed by atoms with Crippen LogP contribution in [0.25, 0.3) is 0 Å². The van der Waals surface area contributed by atoms with E-state index in [-0.39, 0.29) is 0 Å². The van der Waals surface area contributed by atoms with E-state index in [1.165, 1.54) is 18.5 Å². The van der Waals surface area contributed by atoms with E-state index in [0.29, 0.717) is 0 Å². The first-order valence-electron chi connectivity index (χ1n) is 5.89. The predicted octanol–water partition coefficient (Wildman–Crippen LogP) is 1.87. The van der Waals surface area contributed by atoms with Crippen LogP contribution in [0.5, 0.6) is 0 Å². The molecule has 2 rings (SSSR count). The van der Waals surface area contributed by atoms with Crippen molar-refractivity contribution in [2.45, 2.75) is 25.9 Å². The monoisotopic (exact) mass is 204 g/mol. The lowest BCUT2D eigenvalue weighted by Gasteiger charge is -2.26. The maximum absolute atomic E-state index is 3.43. The van der Waals surface area contributed by atoms with E-state index in [0.717, 1.165) is 25.7 Å². The average Bonchev–Trinajstić information content (AvgIpc) is 2.81. The molecule has 1 fully saturated rings. The van der Waals surface area contributed by atoms with Gasteiger partial charge in [-0.15, -0.1) is 0 Å². The van der Waals surface area contributed by atoms with Gasteiger partial charge in [-0.05, 0) is 25.1 Å². The molecule has 1 heterocycles. The van der Waals surface area contributed by atoms with Gasteiger partial charge in [0, 0.05) is 19.1 Å². The summed E-state index contributed by atoms with van der Waals surface area (Å²) in [6.07, 6.45) is 1.29. The van der Waals surface area contributed by atoms with Crippen molar-refractivity contribution in [2.75, 3.05) is 19.6 Å². The van der Waals surface area contributed by atoms with Crippen LogP contribution < -0.4 is 5.32 Å². The van der Waals surface area contributed by atoms with Gasteiger partial charge in [0.2, 0.25) is 0 Å². The van der Waals surface area contributed by atoms with Crippen LogP contribution in [0, 0.1) is 0 Å². The molecule has 1 N–H and O–H groups in total. The lowest BCUT2D eigenvalue weighted by molar-refractivity contribution is 0.210. The van der Waals surface area contributed by atoms with Gasteiger partial charge in [-0.3, -0.25) is 4.90 Å². The zero-order valence-electron chi connectivity index (χ0n) is 9.45. The summed E-state index contributed by atoms with van der Waals surface area (Å²) in [7, 11) is 0. The van der Waals surface area contributed by atoms with Gasteiger partial charge in [0.1, 0.15) is 0 Å². The van der Waals surface area contributed by atoms with Gasteiger partial charge in [-0.25, -0.2) is 0 Å².